The molecule has 534 valence electrons. The molecular weight excluding hydrogens is 1390 g/mol. The van der Waals surface area contributed by atoms with Gasteiger partial charge in [0.25, 0.3) is 0 Å². The molecule has 24 rings (SSSR count). The topological polar surface area (TPSA) is 6.48 Å². The summed E-state index contributed by atoms with van der Waals surface area (Å²) in [6, 6.07) is 161. The van der Waals surface area contributed by atoms with Crippen LogP contribution in [0.25, 0.3) is 166 Å². The van der Waals surface area contributed by atoms with E-state index in [1.165, 1.54) is 188 Å². The summed E-state index contributed by atoms with van der Waals surface area (Å²) in [4.78, 5) is 5.14. The van der Waals surface area contributed by atoms with Crippen molar-refractivity contribution in [2.75, 3.05) is 9.80 Å². The first-order chi connectivity index (χ1) is 57.6. The number of anilines is 6. The van der Waals surface area contributed by atoms with Crippen LogP contribution >= 0.6 is 0 Å². The van der Waals surface area contributed by atoms with Gasteiger partial charge in [-0.05, 0) is 285 Å². The second kappa shape index (κ2) is 26.4. The van der Waals surface area contributed by atoms with Crippen molar-refractivity contribution in [3.63, 3.8) is 0 Å². The van der Waals surface area contributed by atoms with Crippen LogP contribution in [0.3, 0.4) is 0 Å². The molecule has 0 bridgehead atoms. The third kappa shape index (κ3) is 10.1. The van der Waals surface area contributed by atoms with Crippen molar-refractivity contribution in [2.24, 2.45) is 0 Å². The Labute approximate surface area is 676 Å². The third-order valence-corrected chi connectivity index (χ3v) is 25.3. The second-order valence-corrected chi connectivity index (χ2v) is 31.5. The van der Waals surface area contributed by atoms with Gasteiger partial charge < -0.3 is 9.80 Å². The van der Waals surface area contributed by atoms with Crippen LogP contribution in [0.4, 0.5) is 34.1 Å². The van der Waals surface area contributed by atoms with E-state index in [1.54, 1.807) is 0 Å². The van der Waals surface area contributed by atoms with Gasteiger partial charge in [-0.15, -0.1) is 0 Å². The molecular formula is C112H70B2N2. The highest BCUT2D eigenvalue weighted by atomic mass is 15.2. The van der Waals surface area contributed by atoms with E-state index in [9.17, 15) is 0 Å². The van der Waals surface area contributed by atoms with Crippen molar-refractivity contribution < 1.29 is 0 Å². The van der Waals surface area contributed by atoms with Gasteiger partial charge in [0.1, 0.15) is 0 Å². The summed E-state index contributed by atoms with van der Waals surface area (Å²) < 4.78 is 0. The predicted molar refractivity (Wildman–Crippen MR) is 494 cm³/mol. The minimum absolute atomic E-state index is 0.204. The molecule has 0 aliphatic carbocycles. The molecule has 20 aromatic carbocycles. The van der Waals surface area contributed by atoms with Gasteiger partial charge >= 0.3 is 0 Å². The summed E-state index contributed by atoms with van der Waals surface area (Å²) in [6.45, 7) is -0.409. The highest BCUT2D eigenvalue weighted by molar-refractivity contribution is 7.02. The Balaban J connectivity index is 0.964. The molecule has 4 heterocycles. The van der Waals surface area contributed by atoms with E-state index in [2.05, 4.69) is 434 Å². The van der Waals surface area contributed by atoms with E-state index in [0.717, 1.165) is 44.8 Å². The Morgan fingerprint density at radius 3 is 0.707 bits per heavy atom. The minimum Gasteiger partial charge on any atom is -0.311 e. The van der Waals surface area contributed by atoms with Gasteiger partial charge in [0.2, 0.25) is 13.4 Å². The van der Waals surface area contributed by atoms with Gasteiger partial charge in [0, 0.05) is 34.1 Å². The molecule has 0 saturated carbocycles. The number of para-hydroxylation sites is 4. The van der Waals surface area contributed by atoms with Crippen LogP contribution in [-0.4, -0.2) is 13.4 Å². The summed E-state index contributed by atoms with van der Waals surface area (Å²) in [6.07, 6.45) is 0. The molecule has 0 spiro atoms. The van der Waals surface area contributed by atoms with Gasteiger partial charge in [-0.2, -0.15) is 0 Å². The monoisotopic (exact) mass is 1460 g/mol. The zero-order valence-electron chi connectivity index (χ0n) is 63.5. The fraction of sp³-hybridized carbons (Fsp3) is 0. The van der Waals surface area contributed by atoms with Crippen molar-refractivity contribution in [1.29, 1.82) is 0 Å². The van der Waals surface area contributed by atoms with Crippen molar-refractivity contribution >= 4 is 113 Å². The Kier molecular flexibility index (Phi) is 15.0. The summed E-state index contributed by atoms with van der Waals surface area (Å²) in [5.41, 5.74) is 43.0. The van der Waals surface area contributed by atoms with Crippen LogP contribution in [-0.2, 0) is 0 Å². The molecule has 2 nitrogen and oxygen atoms in total. The smallest absolute Gasteiger partial charge is 0.248 e. The Morgan fingerprint density at radius 1 is 0.155 bits per heavy atom. The predicted octanol–water partition coefficient (Wildman–Crippen LogP) is 25.8. The molecule has 4 aliphatic heterocycles. The maximum absolute atomic E-state index is 2.74. The van der Waals surface area contributed by atoms with Gasteiger partial charge in [0.15, 0.2) is 0 Å². The van der Waals surface area contributed by atoms with Gasteiger partial charge in [-0.3, -0.25) is 0 Å². The quantitative estimate of drug-likeness (QED) is 0.0888. The number of hydrogen-bond donors (Lipinski definition) is 0. The number of hydrogen-bond acceptors (Lipinski definition) is 2. The molecule has 0 atom stereocenters. The third-order valence-electron chi connectivity index (χ3n) is 25.3. The molecule has 4 aliphatic rings. The van der Waals surface area contributed by atoms with E-state index in [4.69, 9.17) is 0 Å². The molecule has 0 unspecified atom stereocenters. The van der Waals surface area contributed by atoms with Crippen LogP contribution in [0.1, 0.15) is 0 Å². The van der Waals surface area contributed by atoms with Crippen molar-refractivity contribution in [2.45, 2.75) is 0 Å². The normalized spacial score (nSPS) is 12.6. The lowest BCUT2D eigenvalue weighted by Gasteiger charge is -2.42. The SMILES string of the molecule is c1ccc(-c2cc(-c3ccccc3)c(-c3cc4c5c(cc6c(-c7c(-c8ccccc8)cc(-c8ccccc8)cc7-c7ccccc7)cc7c8c(cc3c5c68)B3c5ccccc5N(c5ccccc5)c5cc(-c6ccccc6)cc-7c53)B3c5ccccc5N(c5ccccc5)c5cc(-c6ccccc6)cc-4c53)c(-c3ccccc3)c2)cc1. The first kappa shape index (κ1) is 65.8. The van der Waals surface area contributed by atoms with Crippen molar-refractivity contribution in [1.82, 2.24) is 0 Å². The van der Waals surface area contributed by atoms with Crippen LogP contribution in [0, 0.1) is 0 Å². The summed E-state index contributed by atoms with van der Waals surface area (Å²) in [5, 5.41) is 7.58. The fourth-order valence-corrected chi connectivity index (χ4v) is 20.5. The molecule has 0 amide bonds. The number of nitrogens with zero attached hydrogens (tertiary/aromatic N) is 2. The lowest BCUT2D eigenvalue weighted by Crippen LogP contribution is -2.60. The summed E-state index contributed by atoms with van der Waals surface area (Å²) in [5.74, 6) is 0. The zero-order valence-corrected chi connectivity index (χ0v) is 63.5. The Bertz CT molecular complexity index is 6770. The van der Waals surface area contributed by atoms with Crippen LogP contribution < -0.4 is 42.6 Å². The lowest BCUT2D eigenvalue weighted by atomic mass is 9.31. The lowest BCUT2D eigenvalue weighted by molar-refractivity contribution is 1.29. The van der Waals surface area contributed by atoms with Crippen LogP contribution in [0.2, 0.25) is 0 Å². The zero-order chi connectivity index (χ0) is 76.1. The minimum atomic E-state index is -0.204. The van der Waals surface area contributed by atoms with Gasteiger partial charge in [0.05, 0.1) is 0 Å². The largest absolute Gasteiger partial charge is 0.311 e. The second-order valence-electron chi connectivity index (χ2n) is 31.5. The van der Waals surface area contributed by atoms with Crippen molar-refractivity contribution in [3.05, 3.63) is 425 Å². The first-order valence-electron chi connectivity index (χ1n) is 40.5. The first-order valence-corrected chi connectivity index (χ1v) is 40.5. The molecule has 0 N–H and O–H groups in total. The standard InChI is InChI=1S/C112H70B2N2/c1-11-35-71(36-12-1)79-59-85(75-43-19-5-20-44-75)105(86(60-79)76-45-21-6-22-46-76)89-67-91-95-63-81(73-39-15-3-16-40-73)65-103-111(95)114(98-56-32-34-58-102(98)115(103)83-51-27-9-28-52-83)100-70-94-90(106-87(77-47-23-7-24-48-77)61-80(72-37-13-2-14-38-72)62-88(106)78-49-25-8-26-50-78)68-92-96-64-82(74-41-17-4-18-42-74)66-104-112(96)113(99-69-93(89)109(107(91)100)110(94)108(92)99)97-55-31-33-57-101(97)116(104)84-53-29-10-30-54-84/h1-70H. The van der Waals surface area contributed by atoms with Gasteiger partial charge in [-0.1, -0.05) is 339 Å². The highest BCUT2D eigenvalue weighted by Crippen LogP contribution is 2.57. The molecule has 0 fully saturated rings. The van der Waals surface area contributed by atoms with Gasteiger partial charge in [-0.25, -0.2) is 0 Å². The van der Waals surface area contributed by atoms with Crippen LogP contribution in [0.5, 0.6) is 0 Å². The van der Waals surface area contributed by atoms with E-state index in [1.807, 2.05) is 0 Å². The Hall–Kier alpha value is -14.8. The average Bonchev–Trinajstić information content (AvgIpc) is 0.660. The van der Waals surface area contributed by atoms with E-state index in [0.29, 0.717) is 0 Å². The highest BCUT2D eigenvalue weighted by Gasteiger charge is 2.47. The Morgan fingerprint density at radius 2 is 0.405 bits per heavy atom. The molecule has 4 heteroatoms. The number of benzene rings is 20. The van der Waals surface area contributed by atoms with E-state index >= 15 is 0 Å². The number of rotatable bonds is 12. The van der Waals surface area contributed by atoms with E-state index in [-0.39, 0.29) is 13.4 Å². The fourth-order valence-electron chi connectivity index (χ4n) is 20.5. The molecule has 0 aromatic heterocycles. The summed E-state index contributed by atoms with van der Waals surface area (Å²) in [7, 11) is 0. The molecule has 20 aromatic rings. The molecule has 0 radical (unpaired) electrons. The van der Waals surface area contributed by atoms with E-state index < -0.39 is 0 Å². The van der Waals surface area contributed by atoms with Crippen LogP contribution in [0.15, 0.2) is 425 Å². The maximum Gasteiger partial charge on any atom is 0.248 e. The number of fused-ring (bicyclic) bond motifs is 8. The average molecular weight is 1470 g/mol. The summed E-state index contributed by atoms with van der Waals surface area (Å²) >= 11 is 0. The maximum atomic E-state index is 2.74. The van der Waals surface area contributed by atoms with Crippen molar-refractivity contribution in [3.8, 4) is 134 Å². The molecule has 116 heavy (non-hydrogen) atoms. The molecule has 0 saturated heterocycles.